The smallest absolute Gasteiger partial charge is 0.346 e. The van der Waals surface area contributed by atoms with Crippen molar-refractivity contribution in [3.63, 3.8) is 0 Å². The number of thiazole rings is 1. The molecule has 3 nitrogen and oxygen atoms in total. The van der Waals surface area contributed by atoms with Crippen molar-refractivity contribution in [2.45, 2.75) is 13.3 Å². The summed E-state index contributed by atoms with van der Waals surface area (Å²) in [6, 6.07) is 0. The van der Waals surface area contributed by atoms with Crippen LogP contribution in [0.15, 0.2) is 0 Å². The van der Waals surface area contributed by atoms with Crippen molar-refractivity contribution in [3.8, 4) is 0 Å². The summed E-state index contributed by atoms with van der Waals surface area (Å²) in [7, 11) is 5.34. The SMILES string of the molecule is [B]c1nc(CC)sc1C(=O)O. The third-order valence-electron chi connectivity index (χ3n) is 1.19. The van der Waals surface area contributed by atoms with E-state index in [0.717, 1.165) is 22.8 Å². The monoisotopic (exact) mass is 167 g/mol. The highest BCUT2D eigenvalue weighted by Gasteiger charge is 2.11. The van der Waals surface area contributed by atoms with Gasteiger partial charge in [0.05, 0.1) is 5.01 Å². The van der Waals surface area contributed by atoms with E-state index in [1.807, 2.05) is 6.92 Å². The van der Waals surface area contributed by atoms with Gasteiger partial charge in [0.1, 0.15) is 12.7 Å². The van der Waals surface area contributed by atoms with Gasteiger partial charge in [0, 0.05) is 5.59 Å². The minimum Gasteiger partial charge on any atom is -0.477 e. The maximum absolute atomic E-state index is 10.4. The van der Waals surface area contributed by atoms with Crippen LogP contribution in [0.5, 0.6) is 0 Å². The Labute approximate surface area is 69.5 Å². The van der Waals surface area contributed by atoms with Crippen LogP contribution in [0.3, 0.4) is 0 Å². The van der Waals surface area contributed by atoms with E-state index in [2.05, 4.69) is 4.98 Å². The maximum atomic E-state index is 10.4. The Bertz CT molecular complexity index is 284. The number of carboxylic acid groups (broad SMARTS) is 1. The third-order valence-corrected chi connectivity index (χ3v) is 2.40. The fourth-order valence-corrected chi connectivity index (χ4v) is 1.44. The zero-order valence-corrected chi connectivity index (χ0v) is 6.81. The molecule has 1 aromatic heterocycles. The van der Waals surface area contributed by atoms with Gasteiger partial charge in [-0.2, -0.15) is 0 Å². The lowest BCUT2D eigenvalue weighted by molar-refractivity contribution is 0.0703. The van der Waals surface area contributed by atoms with E-state index in [0.29, 0.717) is 0 Å². The number of carboxylic acids is 1. The molecule has 1 aromatic rings. The van der Waals surface area contributed by atoms with Crippen LogP contribution in [0.4, 0.5) is 0 Å². The van der Waals surface area contributed by atoms with Crippen molar-refractivity contribution >= 4 is 30.7 Å². The highest BCUT2D eigenvalue weighted by molar-refractivity contribution is 7.14. The van der Waals surface area contributed by atoms with Crippen molar-refractivity contribution in [2.75, 3.05) is 0 Å². The number of aryl methyl sites for hydroxylation is 1. The average Bonchev–Trinajstić information content (AvgIpc) is 2.30. The van der Waals surface area contributed by atoms with Crippen LogP contribution in [0, 0.1) is 0 Å². The summed E-state index contributed by atoms with van der Waals surface area (Å²) in [5.74, 6) is -1.00. The Balaban J connectivity index is 3.07. The standard InChI is InChI=1S/C6H6BNO2S/c1-2-3-8-5(7)4(11-3)6(9)10/h2H2,1H3,(H,9,10). The van der Waals surface area contributed by atoms with Crippen molar-refractivity contribution in [1.82, 2.24) is 4.98 Å². The predicted molar refractivity (Wildman–Crippen MR) is 43.8 cm³/mol. The largest absolute Gasteiger partial charge is 0.477 e. The molecule has 0 spiro atoms. The molecule has 0 aliphatic heterocycles. The van der Waals surface area contributed by atoms with Gasteiger partial charge in [0.15, 0.2) is 0 Å². The van der Waals surface area contributed by atoms with E-state index >= 15 is 0 Å². The van der Waals surface area contributed by atoms with E-state index < -0.39 is 5.97 Å². The van der Waals surface area contributed by atoms with Crippen molar-refractivity contribution in [3.05, 3.63) is 9.88 Å². The molecule has 11 heavy (non-hydrogen) atoms. The molecule has 0 aliphatic rings. The molecule has 0 fully saturated rings. The number of carbonyl (C=O) groups is 1. The molecule has 0 atom stereocenters. The lowest BCUT2D eigenvalue weighted by Gasteiger charge is -1.84. The average molecular weight is 167 g/mol. The van der Waals surface area contributed by atoms with Crippen molar-refractivity contribution in [1.29, 1.82) is 0 Å². The van der Waals surface area contributed by atoms with E-state index in [1.54, 1.807) is 0 Å². The summed E-state index contributed by atoms with van der Waals surface area (Å²) in [5.41, 5.74) is 0.124. The third kappa shape index (κ3) is 1.60. The second-order valence-electron chi connectivity index (χ2n) is 1.98. The van der Waals surface area contributed by atoms with Crippen LogP contribution >= 0.6 is 11.3 Å². The highest BCUT2D eigenvalue weighted by atomic mass is 32.1. The van der Waals surface area contributed by atoms with Crippen molar-refractivity contribution < 1.29 is 9.90 Å². The van der Waals surface area contributed by atoms with Crippen LogP contribution in [-0.2, 0) is 6.42 Å². The minimum absolute atomic E-state index is 0.124. The van der Waals surface area contributed by atoms with Crippen LogP contribution in [-0.4, -0.2) is 23.9 Å². The fourth-order valence-electron chi connectivity index (χ4n) is 0.682. The van der Waals surface area contributed by atoms with Gasteiger partial charge >= 0.3 is 5.97 Å². The van der Waals surface area contributed by atoms with E-state index in [4.69, 9.17) is 13.0 Å². The van der Waals surface area contributed by atoms with Crippen LogP contribution in [0.2, 0.25) is 0 Å². The van der Waals surface area contributed by atoms with Crippen LogP contribution < -0.4 is 5.59 Å². The lowest BCUT2D eigenvalue weighted by atomic mass is 10.0. The molecule has 0 bridgehead atoms. The number of aromatic carboxylic acids is 1. The highest BCUT2D eigenvalue weighted by Crippen LogP contribution is 2.10. The van der Waals surface area contributed by atoms with Gasteiger partial charge in [-0.1, -0.05) is 6.92 Å². The first-order chi connectivity index (χ1) is 5.15. The van der Waals surface area contributed by atoms with Gasteiger partial charge in [0.2, 0.25) is 0 Å². The first-order valence-corrected chi connectivity index (χ1v) is 3.95. The number of nitrogens with zero attached hydrogens (tertiary/aromatic N) is 1. The van der Waals surface area contributed by atoms with Gasteiger partial charge in [-0.3, -0.25) is 4.98 Å². The molecule has 1 heterocycles. The summed E-state index contributed by atoms with van der Waals surface area (Å²) in [4.78, 5) is 14.4. The molecular formula is C6H6BNO2S. The maximum Gasteiger partial charge on any atom is 0.346 e. The van der Waals surface area contributed by atoms with Gasteiger partial charge in [-0.25, -0.2) is 4.79 Å². The second kappa shape index (κ2) is 3.05. The van der Waals surface area contributed by atoms with Gasteiger partial charge < -0.3 is 5.11 Å². The summed E-state index contributed by atoms with van der Waals surface area (Å²) in [5, 5.41) is 9.33. The van der Waals surface area contributed by atoms with Crippen LogP contribution in [0.25, 0.3) is 0 Å². The summed E-state index contributed by atoms with van der Waals surface area (Å²) in [6.45, 7) is 1.91. The normalized spacial score (nSPS) is 9.91. The van der Waals surface area contributed by atoms with Gasteiger partial charge in [-0.05, 0) is 6.42 Å². The molecule has 5 heteroatoms. The molecule has 0 unspecified atom stereocenters. The fraction of sp³-hybridized carbons (Fsp3) is 0.333. The molecule has 0 saturated carbocycles. The minimum atomic E-state index is -1.00. The summed E-state index contributed by atoms with van der Waals surface area (Å²) < 4.78 is 0. The van der Waals surface area contributed by atoms with E-state index in [-0.39, 0.29) is 10.5 Å². The Kier molecular flexibility index (Phi) is 2.29. The topological polar surface area (TPSA) is 50.2 Å². The molecule has 1 rings (SSSR count). The van der Waals surface area contributed by atoms with Crippen molar-refractivity contribution in [2.24, 2.45) is 0 Å². The quantitative estimate of drug-likeness (QED) is 0.640. The summed E-state index contributed by atoms with van der Waals surface area (Å²) >= 11 is 1.13. The van der Waals surface area contributed by atoms with E-state index in [1.165, 1.54) is 0 Å². The second-order valence-corrected chi connectivity index (χ2v) is 3.06. The number of rotatable bonds is 2. The molecule has 0 aliphatic carbocycles. The Morgan fingerprint density at radius 3 is 2.73 bits per heavy atom. The van der Waals surface area contributed by atoms with Crippen LogP contribution in [0.1, 0.15) is 21.6 Å². The molecule has 0 aromatic carbocycles. The van der Waals surface area contributed by atoms with Gasteiger partial charge in [-0.15, -0.1) is 11.3 Å². The lowest BCUT2D eigenvalue weighted by Crippen LogP contribution is -2.13. The Morgan fingerprint density at radius 1 is 1.82 bits per heavy atom. The van der Waals surface area contributed by atoms with E-state index in [9.17, 15) is 4.79 Å². The predicted octanol–water partition coefficient (Wildman–Crippen LogP) is 0.197. The molecular weight excluding hydrogens is 161 g/mol. The molecule has 2 radical (unpaired) electrons. The van der Waals surface area contributed by atoms with Gasteiger partial charge in [0.25, 0.3) is 0 Å². The first kappa shape index (κ1) is 8.26. The zero-order valence-electron chi connectivity index (χ0n) is 6.00. The zero-order chi connectivity index (χ0) is 8.43. The Hall–Kier alpha value is -0.835. The Morgan fingerprint density at radius 2 is 2.45 bits per heavy atom. The molecule has 0 amide bonds. The number of hydrogen-bond donors (Lipinski definition) is 1. The molecule has 56 valence electrons. The molecule has 1 N–H and O–H groups in total. The summed E-state index contributed by atoms with van der Waals surface area (Å²) in [6.07, 6.45) is 0.724. The number of aromatic nitrogens is 1. The number of hydrogen-bond acceptors (Lipinski definition) is 3. The first-order valence-electron chi connectivity index (χ1n) is 3.13. The molecule has 0 saturated heterocycles.